The third-order valence-electron chi connectivity index (χ3n) is 5.98. The maximum absolute atomic E-state index is 13.6. The van der Waals surface area contributed by atoms with Gasteiger partial charge in [-0.3, -0.25) is 4.79 Å². The number of nitrogens with one attached hydrogen (secondary N) is 1. The van der Waals surface area contributed by atoms with Gasteiger partial charge < -0.3 is 21.5 Å². The molecule has 144 valence electrons. The van der Waals surface area contributed by atoms with Crippen LogP contribution < -0.4 is 21.5 Å². The van der Waals surface area contributed by atoms with Crippen LogP contribution in [0.2, 0.25) is 0 Å². The van der Waals surface area contributed by atoms with Crippen molar-refractivity contribution in [3.05, 3.63) is 34.5 Å². The number of carbonyl (C=O) groups excluding carboxylic acids is 1. The van der Waals surface area contributed by atoms with Crippen molar-refractivity contribution in [3.8, 4) is 5.75 Å². The average Bonchev–Trinajstić information content (AvgIpc) is 2.97. The zero-order valence-corrected chi connectivity index (χ0v) is 16.1. The van der Waals surface area contributed by atoms with Gasteiger partial charge in [0.1, 0.15) is 11.6 Å². The normalized spacial score (nSPS) is 23.9. The number of nitrogens with two attached hydrogens (primary N) is 2. The first-order valence-corrected chi connectivity index (χ1v) is 9.44. The highest BCUT2D eigenvalue weighted by Crippen LogP contribution is 2.44. The summed E-state index contributed by atoms with van der Waals surface area (Å²) in [7, 11) is 1.65. The molecular formula is C20H27N5O2. The summed E-state index contributed by atoms with van der Waals surface area (Å²) in [5.41, 5.74) is 16.4. The Bertz CT molecular complexity index is 920. The van der Waals surface area contributed by atoms with Crippen molar-refractivity contribution in [2.75, 3.05) is 24.7 Å². The van der Waals surface area contributed by atoms with Crippen molar-refractivity contribution in [1.82, 2.24) is 9.78 Å². The molecule has 2 atom stereocenters. The fourth-order valence-corrected chi connectivity index (χ4v) is 4.33. The van der Waals surface area contributed by atoms with Crippen LogP contribution in [0.1, 0.15) is 46.9 Å². The number of nitrogens with zero attached hydrogens (tertiary/aromatic N) is 2. The molecule has 1 aromatic carbocycles. The molecule has 2 aliphatic rings. The molecule has 0 saturated carbocycles. The van der Waals surface area contributed by atoms with Crippen molar-refractivity contribution in [2.45, 2.75) is 51.0 Å². The van der Waals surface area contributed by atoms with Crippen molar-refractivity contribution >= 4 is 17.4 Å². The van der Waals surface area contributed by atoms with Gasteiger partial charge in [0.05, 0.1) is 23.9 Å². The largest absolute Gasteiger partial charge is 0.495 e. The van der Waals surface area contributed by atoms with Crippen LogP contribution >= 0.6 is 0 Å². The van der Waals surface area contributed by atoms with Gasteiger partial charge in [-0.25, -0.2) is 0 Å². The topological polar surface area (TPSA) is 108 Å². The monoisotopic (exact) mass is 369 g/mol. The van der Waals surface area contributed by atoms with Gasteiger partial charge in [-0.2, -0.15) is 9.78 Å². The minimum Gasteiger partial charge on any atom is -0.495 e. The molecule has 7 nitrogen and oxygen atoms in total. The molecule has 0 spiro atoms. The molecule has 1 aliphatic carbocycles. The van der Waals surface area contributed by atoms with E-state index in [2.05, 4.69) is 16.5 Å². The molecule has 7 heteroatoms. The van der Waals surface area contributed by atoms with E-state index in [1.165, 1.54) is 4.68 Å². The van der Waals surface area contributed by atoms with E-state index in [0.717, 1.165) is 46.7 Å². The molecule has 2 heterocycles. The number of anilines is 2. The van der Waals surface area contributed by atoms with Gasteiger partial charge in [0, 0.05) is 18.2 Å². The third kappa shape index (κ3) is 2.68. The maximum atomic E-state index is 13.6. The summed E-state index contributed by atoms with van der Waals surface area (Å²) < 4.78 is 6.95. The number of carbonyl (C=O) groups is 1. The van der Waals surface area contributed by atoms with Crippen molar-refractivity contribution in [3.63, 3.8) is 0 Å². The van der Waals surface area contributed by atoms with Gasteiger partial charge in [-0.05, 0) is 56.7 Å². The second kappa shape index (κ2) is 6.27. The van der Waals surface area contributed by atoms with Gasteiger partial charge in [-0.1, -0.05) is 6.07 Å². The molecule has 0 bridgehead atoms. The molecule has 4 rings (SSSR count). The first-order valence-electron chi connectivity index (χ1n) is 9.44. The van der Waals surface area contributed by atoms with Crippen molar-refractivity contribution in [2.24, 2.45) is 5.73 Å². The molecule has 2 unspecified atom stereocenters. The lowest BCUT2D eigenvalue weighted by Gasteiger charge is -2.36. The zero-order chi connectivity index (χ0) is 19.3. The number of rotatable bonds is 2. The fourth-order valence-electron chi connectivity index (χ4n) is 4.33. The van der Waals surface area contributed by atoms with E-state index < -0.39 is 5.41 Å². The summed E-state index contributed by atoms with van der Waals surface area (Å²) in [6, 6.07) is 4.11. The van der Waals surface area contributed by atoms with Crippen LogP contribution in [0.5, 0.6) is 5.75 Å². The highest BCUT2D eigenvalue weighted by molar-refractivity contribution is 5.94. The van der Waals surface area contributed by atoms with Crippen LogP contribution in [0.3, 0.4) is 0 Å². The number of aryl methyl sites for hydroxylation is 2. The summed E-state index contributed by atoms with van der Waals surface area (Å²) in [6.07, 6.45) is 2.98. The molecule has 0 fully saturated rings. The fraction of sp³-hybridized carbons (Fsp3) is 0.500. The predicted molar refractivity (Wildman–Crippen MR) is 105 cm³/mol. The van der Waals surface area contributed by atoms with Crippen LogP contribution in [0.15, 0.2) is 12.1 Å². The molecular weight excluding hydrogens is 342 g/mol. The number of ether oxygens (including phenoxy) is 1. The zero-order valence-electron chi connectivity index (χ0n) is 16.1. The second-order valence-corrected chi connectivity index (χ2v) is 7.93. The quantitative estimate of drug-likeness (QED) is 0.747. The summed E-state index contributed by atoms with van der Waals surface area (Å²) in [5, 5.41) is 7.96. The highest BCUT2D eigenvalue weighted by Gasteiger charge is 2.43. The Hall–Kier alpha value is -2.54. The van der Waals surface area contributed by atoms with E-state index in [0.29, 0.717) is 25.2 Å². The first-order chi connectivity index (χ1) is 12.8. The minimum absolute atomic E-state index is 0.0784. The summed E-state index contributed by atoms with van der Waals surface area (Å²) >= 11 is 0. The number of fused-ring (bicyclic) bond motifs is 2. The minimum atomic E-state index is -0.731. The standard InChI is InChI=1S/C20H27N5O2/c1-11-8-14-17(16(9-11)27-3)23-7-6-20(14,2)19(26)25-18(22)13-10-12(21)4-5-15(13)24-25/h8-9,12,23H,4-7,10,21-22H2,1-3H3. The Labute approximate surface area is 159 Å². The molecule has 5 N–H and O–H groups in total. The Kier molecular flexibility index (Phi) is 4.14. The molecule has 1 aromatic heterocycles. The van der Waals surface area contributed by atoms with Crippen LogP contribution in [0.25, 0.3) is 0 Å². The first kappa shape index (κ1) is 17.9. The number of benzene rings is 1. The SMILES string of the molecule is COc1cc(C)cc2c1NCCC2(C)C(=O)n1nc2c(c1N)CC(N)CC2. The summed E-state index contributed by atoms with van der Waals surface area (Å²) in [4.78, 5) is 13.6. The smallest absolute Gasteiger partial charge is 0.259 e. The van der Waals surface area contributed by atoms with Gasteiger partial charge in [0.15, 0.2) is 0 Å². The van der Waals surface area contributed by atoms with Crippen LogP contribution in [-0.2, 0) is 18.3 Å². The predicted octanol–water partition coefficient (Wildman–Crippen LogP) is 2.01. The molecule has 2 aromatic rings. The van der Waals surface area contributed by atoms with Crippen LogP contribution in [-0.4, -0.2) is 35.4 Å². The molecule has 0 amide bonds. The molecule has 1 aliphatic heterocycles. The molecule has 0 saturated heterocycles. The number of aromatic nitrogens is 2. The maximum Gasteiger partial charge on any atom is 0.259 e. The lowest BCUT2D eigenvalue weighted by atomic mass is 9.75. The summed E-state index contributed by atoms with van der Waals surface area (Å²) in [5.74, 6) is 1.09. The van der Waals surface area contributed by atoms with Crippen molar-refractivity contribution < 1.29 is 9.53 Å². The lowest BCUT2D eigenvalue weighted by Crippen LogP contribution is -2.42. The van der Waals surface area contributed by atoms with E-state index >= 15 is 0 Å². The Balaban J connectivity index is 1.81. The third-order valence-corrected chi connectivity index (χ3v) is 5.98. The number of nitrogen functional groups attached to an aromatic ring is 1. The van der Waals surface area contributed by atoms with Crippen LogP contribution in [0, 0.1) is 6.92 Å². The van der Waals surface area contributed by atoms with E-state index in [1.807, 2.05) is 19.9 Å². The number of hydrogen-bond donors (Lipinski definition) is 3. The average molecular weight is 369 g/mol. The van der Waals surface area contributed by atoms with Gasteiger partial charge in [0.25, 0.3) is 5.91 Å². The number of methoxy groups -OCH3 is 1. The van der Waals surface area contributed by atoms with Crippen molar-refractivity contribution in [1.29, 1.82) is 0 Å². The summed E-state index contributed by atoms with van der Waals surface area (Å²) in [6.45, 7) is 4.66. The second-order valence-electron chi connectivity index (χ2n) is 7.93. The van der Waals surface area contributed by atoms with E-state index in [-0.39, 0.29) is 11.9 Å². The van der Waals surface area contributed by atoms with E-state index in [9.17, 15) is 4.79 Å². The number of hydrogen-bond acceptors (Lipinski definition) is 6. The Morgan fingerprint density at radius 3 is 2.96 bits per heavy atom. The van der Waals surface area contributed by atoms with E-state index in [4.69, 9.17) is 16.2 Å². The lowest BCUT2D eigenvalue weighted by molar-refractivity contribution is 0.0785. The highest BCUT2D eigenvalue weighted by atomic mass is 16.5. The Morgan fingerprint density at radius 2 is 2.22 bits per heavy atom. The van der Waals surface area contributed by atoms with Gasteiger partial charge in [-0.15, -0.1) is 0 Å². The van der Waals surface area contributed by atoms with Crippen LogP contribution in [0.4, 0.5) is 11.5 Å². The van der Waals surface area contributed by atoms with Gasteiger partial charge >= 0.3 is 0 Å². The Morgan fingerprint density at radius 1 is 1.44 bits per heavy atom. The van der Waals surface area contributed by atoms with E-state index in [1.54, 1.807) is 7.11 Å². The van der Waals surface area contributed by atoms with Gasteiger partial charge in [0.2, 0.25) is 0 Å². The molecule has 27 heavy (non-hydrogen) atoms. The molecule has 0 radical (unpaired) electrons.